The van der Waals surface area contributed by atoms with Crippen molar-refractivity contribution in [2.24, 2.45) is 9.98 Å². The zero-order valence-electron chi connectivity index (χ0n) is 11.1. The highest BCUT2D eigenvalue weighted by Crippen LogP contribution is 2.16. The first-order valence-corrected chi connectivity index (χ1v) is 8.72. The number of fused-ring (bicyclic) bond motifs is 2. The summed E-state index contributed by atoms with van der Waals surface area (Å²) in [5, 5.41) is 0. The van der Waals surface area contributed by atoms with Gasteiger partial charge in [0.05, 0.1) is 23.5 Å². The van der Waals surface area contributed by atoms with Gasteiger partial charge in [0.15, 0.2) is 0 Å². The van der Waals surface area contributed by atoms with Crippen LogP contribution in [-0.2, 0) is 0 Å². The molecule has 0 radical (unpaired) electrons. The lowest BCUT2D eigenvalue weighted by molar-refractivity contribution is 0.652. The summed E-state index contributed by atoms with van der Waals surface area (Å²) in [5.41, 5.74) is 0. The molecular formula is C14H16N4S2. The summed E-state index contributed by atoms with van der Waals surface area (Å²) in [4.78, 5) is 13.7. The highest BCUT2D eigenvalue weighted by molar-refractivity contribution is 7.99. The Hall–Kier alpha value is -1.40. The quantitative estimate of drug-likeness (QED) is 0.688. The zero-order chi connectivity index (χ0) is 13.6. The van der Waals surface area contributed by atoms with Crippen LogP contribution in [0.25, 0.3) is 0 Å². The summed E-state index contributed by atoms with van der Waals surface area (Å²) in [6, 6.07) is 0. The Balaban J connectivity index is 1.72. The van der Waals surface area contributed by atoms with E-state index in [9.17, 15) is 0 Å². The van der Waals surface area contributed by atoms with Gasteiger partial charge in [0, 0.05) is 12.4 Å². The van der Waals surface area contributed by atoms with Crippen LogP contribution >= 0.6 is 23.5 Å². The lowest BCUT2D eigenvalue weighted by Gasteiger charge is -2.24. The molecule has 4 nitrogen and oxygen atoms in total. The monoisotopic (exact) mass is 304 g/mol. The number of rotatable bonds is 0. The van der Waals surface area contributed by atoms with E-state index in [-0.39, 0.29) is 0 Å². The van der Waals surface area contributed by atoms with Crippen LogP contribution in [0.3, 0.4) is 0 Å². The second-order valence-electron chi connectivity index (χ2n) is 4.30. The van der Waals surface area contributed by atoms with Crippen LogP contribution in [-0.4, -0.2) is 45.0 Å². The van der Waals surface area contributed by atoms with Gasteiger partial charge in [-0.2, -0.15) is 0 Å². The van der Waals surface area contributed by atoms with E-state index in [0.717, 1.165) is 35.2 Å². The van der Waals surface area contributed by atoms with Gasteiger partial charge >= 0.3 is 0 Å². The Kier molecular flexibility index (Phi) is 4.65. The number of aliphatic imine (C=N–C) groups is 2. The van der Waals surface area contributed by atoms with Gasteiger partial charge in [-0.1, -0.05) is 12.2 Å². The highest BCUT2D eigenvalue weighted by atomic mass is 32.2. The van der Waals surface area contributed by atoms with Crippen molar-refractivity contribution in [1.29, 1.82) is 0 Å². The van der Waals surface area contributed by atoms with E-state index in [0.29, 0.717) is 0 Å². The standard InChI is InChI=1S/C14H16N4S2/c1-3-7-17-11-20-10-16-14-6-2-4-8-18(14)12-19-9-15-13(17)5-1/h1-8H,9-12H2/b15-13-,16-14-. The average molecular weight is 304 g/mol. The minimum atomic E-state index is 0.760. The number of hydrogen-bond donors (Lipinski definition) is 0. The molecule has 20 heavy (non-hydrogen) atoms. The predicted molar refractivity (Wildman–Crippen MR) is 89.8 cm³/mol. The number of hydrogen-bond acceptors (Lipinski definition) is 6. The molecule has 6 heteroatoms. The molecular weight excluding hydrogens is 288 g/mol. The lowest BCUT2D eigenvalue weighted by Crippen LogP contribution is -2.28. The zero-order valence-corrected chi connectivity index (χ0v) is 12.7. The molecule has 0 bridgehead atoms. The van der Waals surface area contributed by atoms with E-state index in [1.807, 2.05) is 24.3 Å². The molecule has 3 aliphatic rings. The van der Waals surface area contributed by atoms with Crippen LogP contribution in [0.1, 0.15) is 0 Å². The number of thioether (sulfide) groups is 2. The smallest absolute Gasteiger partial charge is 0.129 e. The van der Waals surface area contributed by atoms with Crippen LogP contribution < -0.4 is 0 Å². The van der Waals surface area contributed by atoms with Gasteiger partial charge in [-0.25, -0.2) is 0 Å². The van der Waals surface area contributed by atoms with E-state index in [4.69, 9.17) is 0 Å². The minimum Gasteiger partial charge on any atom is -0.324 e. The Morgan fingerprint density at radius 3 is 1.75 bits per heavy atom. The molecule has 0 aromatic heterocycles. The Labute approximate surface area is 127 Å². The van der Waals surface area contributed by atoms with Crippen LogP contribution in [0.5, 0.6) is 0 Å². The van der Waals surface area contributed by atoms with Crippen molar-refractivity contribution in [3.05, 3.63) is 48.9 Å². The van der Waals surface area contributed by atoms with Crippen molar-refractivity contribution in [2.45, 2.75) is 0 Å². The first kappa shape index (κ1) is 13.6. The second-order valence-corrected chi connectivity index (χ2v) is 6.15. The predicted octanol–water partition coefficient (Wildman–Crippen LogP) is 2.86. The molecule has 0 aromatic rings. The van der Waals surface area contributed by atoms with Gasteiger partial charge in [-0.15, -0.1) is 23.5 Å². The fraction of sp³-hybridized carbons (Fsp3) is 0.286. The maximum Gasteiger partial charge on any atom is 0.129 e. The minimum absolute atomic E-state index is 0.760. The third-order valence-electron chi connectivity index (χ3n) is 2.93. The van der Waals surface area contributed by atoms with Crippen molar-refractivity contribution in [3.8, 4) is 0 Å². The summed E-state index contributed by atoms with van der Waals surface area (Å²) < 4.78 is 0. The Morgan fingerprint density at radius 1 is 0.750 bits per heavy atom. The van der Waals surface area contributed by atoms with Gasteiger partial charge in [0.25, 0.3) is 0 Å². The summed E-state index contributed by atoms with van der Waals surface area (Å²) in [7, 11) is 0. The van der Waals surface area contributed by atoms with Crippen LogP contribution in [0.2, 0.25) is 0 Å². The summed E-state index contributed by atoms with van der Waals surface area (Å²) in [6.07, 6.45) is 16.4. The molecule has 0 saturated carbocycles. The van der Waals surface area contributed by atoms with E-state index in [1.54, 1.807) is 23.5 Å². The number of allylic oxidation sites excluding steroid dienone is 4. The lowest BCUT2D eigenvalue weighted by atomic mass is 10.3. The fourth-order valence-electron chi connectivity index (χ4n) is 1.94. The molecule has 0 atom stereocenters. The summed E-state index contributed by atoms with van der Waals surface area (Å²) in [5.74, 6) is 5.34. The van der Waals surface area contributed by atoms with Crippen molar-refractivity contribution in [3.63, 3.8) is 0 Å². The van der Waals surface area contributed by atoms with Gasteiger partial charge < -0.3 is 9.80 Å². The molecule has 0 aromatic carbocycles. The first-order chi connectivity index (χ1) is 9.93. The third-order valence-corrected chi connectivity index (χ3v) is 4.47. The van der Waals surface area contributed by atoms with Gasteiger partial charge in [0.1, 0.15) is 11.7 Å². The number of amidine groups is 2. The molecule has 3 aliphatic heterocycles. The second kappa shape index (κ2) is 6.85. The molecule has 0 N–H and O–H groups in total. The maximum absolute atomic E-state index is 4.66. The largest absolute Gasteiger partial charge is 0.324 e. The van der Waals surface area contributed by atoms with Crippen molar-refractivity contribution >= 4 is 35.2 Å². The molecule has 0 amide bonds. The van der Waals surface area contributed by atoms with E-state index >= 15 is 0 Å². The molecule has 3 heterocycles. The SMILES string of the molecule is C1=C/C2=N/CSCN3C=CC=C/C3=N/CSCN2C=C1. The molecule has 104 valence electrons. The Morgan fingerprint density at radius 2 is 1.25 bits per heavy atom. The summed E-state index contributed by atoms with van der Waals surface area (Å²) in [6.45, 7) is 0. The van der Waals surface area contributed by atoms with Crippen molar-refractivity contribution in [2.75, 3.05) is 23.5 Å². The molecule has 0 spiro atoms. The average Bonchev–Trinajstić information content (AvgIpc) is 2.49. The molecule has 3 rings (SSSR count). The van der Waals surface area contributed by atoms with Gasteiger partial charge in [0.2, 0.25) is 0 Å². The van der Waals surface area contributed by atoms with Gasteiger partial charge in [-0.3, -0.25) is 9.98 Å². The molecule has 0 saturated heterocycles. The van der Waals surface area contributed by atoms with Crippen molar-refractivity contribution in [1.82, 2.24) is 9.80 Å². The van der Waals surface area contributed by atoms with Crippen LogP contribution in [0.4, 0.5) is 0 Å². The van der Waals surface area contributed by atoms with Crippen LogP contribution in [0.15, 0.2) is 58.8 Å². The summed E-state index contributed by atoms with van der Waals surface area (Å²) >= 11 is 3.58. The molecule has 0 aliphatic carbocycles. The van der Waals surface area contributed by atoms with Gasteiger partial charge in [-0.05, 0) is 24.3 Å². The topological polar surface area (TPSA) is 31.2 Å². The molecule has 0 fully saturated rings. The normalized spacial score (nSPS) is 27.6. The van der Waals surface area contributed by atoms with E-state index in [2.05, 4.69) is 44.3 Å². The molecule has 0 unspecified atom stereocenters. The van der Waals surface area contributed by atoms with E-state index < -0.39 is 0 Å². The maximum atomic E-state index is 4.66. The highest BCUT2D eigenvalue weighted by Gasteiger charge is 2.11. The first-order valence-electron chi connectivity index (χ1n) is 6.41. The van der Waals surface area contributed by atoms with E-state index in [1.165, 1.54) is 0 Å². The fourth-order valence-corrected chi connectivity index (χ4v) is 3.38. The number of nitrogens with zero attached hydrogens (tertiary/aromatic N) is 4. The third kappa shape index (κ3) is 3.37. The van der Waals surface area contributed by atoms with Crippen LogP contribution in [0, 0.1) is 0 Å². The van der Waals surface area contributed by atoms with Crippen molar-refractivity contribution < 1.29 is 0 Å². The Bertz CT molecular complexity index is 483.